The number of hydrogen-bond acceptors (Lipinski definition) is 8. The Bertz CT molecular complexity index is 1440. The highest BCUT2D eigenvalue weighted by atomic mass is 16.5. The van der Waals surface area contributed by atoms with E-state index >= 15 is 0 Å². The summed E-state index contributed by atoms with van der Waals surface area (Å²) in [6.45, 7) is 10.9. The van der Waals surface area contributed by atoms with E-state index in [1.54, 1.807) is 32.9 Å². The second-order valence-electron chi connectivity index (χ2n) is 12.1. The van der Waals surface area contributed by atoms with Gasteiger partial charge in [0.2, 0.25) is 11.8 Å². The molecular weight excluding hydrogens is 590 g/mol. The van der Waals surface area contributed by atoms with Gasteiger partial charge >= 0.3 is 11.9 Å². The van der Waals surface area contributed by atoms with E-state index in [0.717, 1.165) is 28.6 Å². The van der Waals surface area contributed by atoms with Gasteiger partial charge in [-0.05, 0) is 63.1 Å². The molecule has 0 unspecified atom stereocenters. The Hall–Kier alpha value is -4.32. The van der Waals surface area contributed by atoms with Crippen LogP contribution in [0.15, 0.2) is 36.4 Å². The van der Waals surface area contributed by atoms with Crippen molar-refractivity contribution < 1.29 is 33.8 Å². The lowest BCUT2D eigenvalue weighted by Gasteiger charge is -2.34. The van der Waals surface area contributed by atoms with Gasteiger partial charge in [0.1, 0.15) is 24.2 Å². The number of carbonyl (C=O) groups excluding carboxylic acids is 4. The summed E-state index contributed by atoms with van der Waals surface area (Å²) in [4.78, 5) is 68.6. The lowest BCUT2D eigenvalue weighted by atomic mass is 9.97. The lowest BCUT2D eigenvalue weighted by Crippen LogP contribution is -2.61. The Morgan fingerprint density at radius 1 is 1.07 bits per heavy atom. The molecule has 3 rings (SSSR count). The number of carbonyl (C=O) groups is 5. The number of carboxylic acid groups (broad SMARTS) is 1. The smallest absolute Gasteiger partial charge is 0.322 e. The first-order valence-corrected chi connectivity index (χ1v) is 16.0. The van der Waals surface area contributed by atoms with Crippen molar-refractivity contribution in [3.05, 3.63) is 47.7 Å². The van der Waals surface area contributed by atoms with Gasteiger partial charge in [-0.1, -0.05) is 58.0 Å². The summed E-state index contributed by atoms with van der Waals surface area (Å²) in [6.07, 6.45) is 5.11. The van der Waals surface area contributed by atoms with Crippen molar-refractivity contribution in [2.75, 3.05) is 6.54 Å². The summed E-state index contributed by atoms with van der Waals surface area (Å²) >= 11 is 0. The number of carboxylic acids is 1. The maximum Gasteiger partial charge on any atom is 0.322 e. The molecule has 0 saturated carbocycles. The van der Waals surface area contributed by atoms with Gasteiger partial charge in [0.15, 0.2) is 0 Å². The fourth-order valence-corrected chi connectivity index (χ4v) is 5.20. The average Bonchev–Trinajstić information content (AvgIpc) is 3.02. The van der Waals surface area contributed by atoms with Crippen LogP contribution in [0.5, 0.6) is 0 Å². The highest BCUT2D eigenvalue weighted by Crippen LogP contribution is 2.20. The number of amides is 3. The zero-order valence-corrected chi connectivity index (χ0v) is 27.5. The zero-order valence-electron chi connectivity index (χ0n) is 27.5. The molecule has 1 aromatic heterocycles. The Kier molecular flexibility index (Phi) is 13.2. The first-order valence-electron chi connectivity index (χ1n) is 16.0. The largest absolute Gasteiger partial charge is 0.480 e. The van der Waals surface area contributed by atoms with Crippen molar-refractivity contribution in [3.63, 3.8) is 0 Å². The van der Waals surface area contributed by atoms with Gasteiger partial charge in [-0.3, -0.25) is 34.0 Å². The van der Waals surface area contributed by atoms with Crippen molar-refractivity contribution in [3.8, 4) is 0 Å². The minimum atomic E-state index is -1.06. The van der Waals surface area contributed by atoms with Crippen LogP contribution in [0.3, 0.4) is 0 Å². The number of aryl methyl sites for hydroxylation is 1. The summed E-state index contributed by atoms with van der Waals surface area (Å²) in [6, 6.07) is 6.91. The maximum absolute atomic E-state index is 13.7. The Balaban J connectivity index is 1.78. The summed E-state index contributed by atoms with van der Waals surface area (Å²) in [7, 11) is 0. The first kappa shape index (κ1) is 36.2. The van der Waals surface area contributed by atoms with Gasteiger partial charge in [0.25, 0.3) is 5.91 Å². The Labute approximate surface area is 270 Å². The lowest BCUT2D eigenvalue weighted by molar-refractivity contribution is -0.152. The number of ether oxygens (including phenoxy) is 1. The molecule has 1 fully saturated rings. The molecule has 0 spiro atoms. The van der Waals surface area contributed by atoms with Crippen LogP contribution in [0.4, 0.5) is 0 Å². The van der Waals surface area contributed by atoms with Crippen LogP contribution in [0.25, 0.3) is 17.0 Å². The molecule has 0 bridgehead atoms. The number of rotatable bonds is 14. The van der Waals surface area contributed by atoms with Gasteiger partial charge in [-0.2, -0.15) is 0 Å². The normalized spacial score (nSPS) is 17.7. The molecule has 0 aliphatic carbocycles. The topological polar surface area (TPSA) is 167 Å². The van der Waals surface area contributed by atoms with Crippen LogP contribution in [0, 0.1) is 11.8 Å². The van der Waals surface area contributed by atoms with Gasteiger partial charge < -0.3 is 20.5 Å². The van der Waals surface area contributed by atoms with Gasteiger partial charge in [0.05, 0.1) is 11.4 Å². The minimum absolute atomic E-state index is 0.209. The fourth-order valence-electron chi connectivity index (χ4n) is 5.20. The Morgan fingerprint density at radius 2 is 1.78 bits per heavy atom. The molecule has 1 saturated heterocycles. The SMILES string of the molecule is CCCC(=O)O[C@@H](C)[C@@H](/C=C/c1ccc2ccc(CC)nc2c1)C(=O)N[C@H](C(=O)N[C@@H](C)C(=O)N1CCC[C@@H](C(=O)O)N1)C(C)C. The second kappa shape index (κ2) is 16.8. The van der Waals surface area contributed by atoms with E-state index in [0.29, 0.717) is 25.8 Å². The minimum Gasteiger partial charge on any atom is -0.480 e. The summed E-state index contributed by atoms with van der Waals surface area (Å²) in [5, 5.41) is 17.0. The number of fused-ring (bicyclic) bond motifs is 1. The monoisotopic (exact) mass is 637 g/mol. The summed E-state index contributed by atoms with van der Waals surface area (Å²) < 4.78 is 5.59. The predicted molar refractivity (Wildman–Crippen MR) is 174 cm³/mol. The van der Waals surface area contributed by atoms with Crippen molar-refractivity contribution in [2.45, 2.75) is 97.9 Å². The fraction of sp³-hybridized carbons (Fsp3) is 0.529. The van der Waals surface area contributed by atoms with E-state index in [9.17, 15) is 29.1 Å². The molecule has 4 N–H and O–H groups in total. The van der Waals surface area contributed by atoms with Crippen molar-refractivity contribution in [2.24, 2.45) is 11.8 Å². The summed E-state index contributed by atoms with van der Waals surface area (Å²) in [5.74, 6) is -4.33. The molecule has 2 aromatic rings. The van der Waals surface area contributed by atoms with Crippen molar-refractivity contribution >= 4 is 46.6 Å². The van der Waals surface area contributed by atoms with E-state index in [-0.39, 0.29) is 12.3 Å². The third kappa shape index (κ3) is 9.84. The van der Waals surface area contributed by atoms with E-state index in [1.165, 1.54) is 11.9 Å². The number of aliphatic carboxylic acids is 1. The third-order valence-electron chi connectivity index (χ3n) is 7.94. The molecule has 1 aliphatic rings. The quantitative estimate of drug-likeness (QED) is 0.227. The van der Waals surface area contributed by atoms with Crippen molar-refractivity contribution in [1.82, 2.24) is 26.1 Å². The Morgan fingerprint density at radius 3 is 2.43 bits per heavy atom. The molecule has 0 radical (unpaired) electrons. The molecule has 5 atom stereocenters. The predicted octanol–water partition coefficient (Wildman–Crippen LogP) is 3.38. The zero-order chi connectivity index (χ0) is 34.0. The third-order valence-corrected chi connectivity index (χ3v) is 7.94. The number of benzene rings is 1. The standard InChI is InChI=1S/C34H47N5O7/c1-7-10-29(40)46-22(6)26(17-13-23-12-14-24-15-16-25(8-2)36-28(24)19-23)31(41)37-30(20(3)4)32(42)35-21(5)33(43)39-18-9-11-27(38-39)34(44)45/h12-17,19-22,26-27,30,38H,7-11,18H2,1-6H3,(H,35,42)(H,37,41)(H,44,45)/b17-13+/t21-,22-,26+,27-,30-/m0/s1. The molecule has 1 aliphatic heterocycles. The first-order chi connectivity index (χ1) is 21.8. The number of hydrazine groups is 1. The van der Waals surface area contributed by atoms with Crippen LogP contribution in [0.1, 0.15) is 78.5 Å². The van der Waals surface area contributed by atoms with Gasteiger partial charge in [-0.15, -0.1) is 0 Å². The molecule has 250 valence electrons. The molecule has 2 heterocycles. The molecular formula is C34H47N5O7. The van der Waals surface area contributed by atoms with E-state index in [1.807, 2.05) is 44.2 Å². The number of pyridine rings is 1. The number of esters is 1. The van der Waals surface area contributed by atoms with E-state index in [4.69, 9.17) is 4.74 Å². The number of nitrogens with one attached hydrogen (secondary N) is 3. The second-order valence-corrected chi connectivity index (χ2v) is 12.1. The van der Waals surface area contributed by atoms with Crippen LogP contribution >= 0.6 is 0 Å². The molecule has 46 heavy (non-hydrogen) atoms. The van der Waals surface area contributed by atoms with Crippen LogP contribution in [-0.2, 0) is 35.1 Å². The molecule has 12 nitrogen and oxygen atoms in total. The molecule has 3 amide bonds. The molecule has 12 heteroatoms. The van der Waals surface area contributed by atoms with Crippen LogP contribution in [0.2, 0.25) is 0 Å². The average molecular weight is 638 g/mol. The van der Waals surface area contributed by atoms with Crippen LogP contribution in [-0.4, -0.2) is 75.5 Å². The highest BCUT2D eigenvalue weighted by Gasteiger charge is 2.34. The highest BCUT2D eigenvalue weighted by molar-refractivity contribution is 5.93. The van der Waals surface area contributed by atoms with Crippen LogP contribution < -0.4 is 16.1 Å². The number of hydrogen-bond donors (Lipinski definition) is 4. The van der Waals surface area contributed by atoms with E-state index in [2.05, 4.69) is 21.0 Å². The maximum atomic E-state index is 13.7. The number of aromatic nitrogens is 1. The van der Waals surface area contributed by atoms with Crippen molar-refractivity contribution in [1.29, 1.82) is 0 Å². The van der Waals surface area contributed by atoms with Gasteiger partial charge in [-0.25, -0.2) is 5.43 Å². The number of nitrogens with zero attached hydrogens (tertiary/aromatic N) is 2. The molecule has 1 aromatic carbocycles. The summed E-state index contributed by atoms with van der Waals surface area (Å²) in [5.41, 5.74) is 5.29. The van der Waals surface area contributed by atoms with Gasteiger partial charge in [0, 0.05) is 24.0 Å². The van der Waals surface area contributed by atoms with E-state index < -0.39 is 59.8 Å².